The molecule has 0 aliphatic rings. The van der Waals surface area contributed by atoms with Crippen molar-refractivity contribution in [1.29, 1.82) is 0 Å². The van der Waals surface area contributed by atoms with E-state index in [1.165, 1.54) is 22.0 Å². The Morgan fingerprint density at radius 2 is 2.30 bits per heavy atom. The number of aliphatic carboxylic acids is 1. The molecular weight excluding hydrogens is 264 g/mol. The zero-order valence-electron chi connectivity index (χ0n) is 10.8. The van der Waals surface area contributed by atoms with E-state index in [1.54, 1.807) is 19.4 Å². The van der Waals surface area contributed by atoms with E-state index in [-0.39, 0.29) is 12.6 Å². The van der Waals surface area contributed by atoms with Crippen LogP contribution in [-0.4, -0.2) is 49.0 Å². The van der Waals surface area contributed by atoms with E-state index in [2.05, 4.69) is 20.6 Å². The second kappa shape index (κ2) is 5.87. The Hall–Kier alpha value is -2.84. The van der Waals surface area contributed by atoms with E-state index >= 15 is 0 Å². The molecule has 0 unspecified atom stereocenters. The molecule has 0 aromatic carbocycles. The van der Waals surface area contributed by atoms with Crippen LogP contribution >= 0.6 is 0 Å². The summed E-state index contributed by atoms with van der Waals surface area (Å²) in [6, 6.07) is -0.318. The van der Waals surface area contributed by atoms with Crippen LogP contribution in [0.3, 0.4) is 0 Å². The highest BCUT2D eigenvalue weighted by atomic mass is 16.4. The van der Waals surface area contributed by atoms with Crippen LogP contribution in [0.25, 0.3) is 0 Å². The summed E-state index contributed by atoms with van der Waals surface area (Å²) < 4.78 is 1.23. The maximum absolute atomic E-state index is 11.9. The summed E-state index contributed by atoms with van der Waals surface area (Å²) >= 11 is 0. The van der Waals surface area contributed by atoms with Gasteiger partial charge in [-0.2, -0.15) is 10.2 Å². The molecule has 106 valence electrons. The van der Waals surface area contributed by atoms with Gasteiger partial charge >= 0.3 is 12.0 Å². The smallest absolute Gasteiger partial charge is 0.325 e. The first-order valence-corrected chi connectivity index (χ1v) is 5.78. The van der Waals surface area contributed by atoms with Gasteiger partial charge in [0, 0.05) is 25.0 Å². The number of aromatic nitrogens is 4. The van der Waals surface area contributed by atoms with Gasteiger partial charge in [0.1, 0.15) is 6.54 Å². The molecular formula is C11H14N6O3. The van der Waals surface area contributed by atoms with E-state index in [9.17, 15) is 9.59 Å². The Morgan fingerprint density at radius 3 is 2.95 bits per heavy atom. The van der Waals surface area contributed by atoms with Crippen LogP contribution in [0.5, 0.6) is 0 Å². The van der Waals surface area contributed by atoms with Gasteiger partial charge in [0.25, 0.3) is 0 Å². The fourth-order valence-electron chi connectivity index (χ4n) is 1.58. The van der Waals surface area contributed by atoms with Crippen LogP contribution in [0.4, 0.5) is 10.5 Å². The number of carboxylic acid groups (broad SMARTS) is 1. The molecule has 2 aromatic heterocycles. The van der Waals surface area contributed by atoms with Gasteiger partial charge in [0.05, 0.1) is 24.6 Å². The van der Waals surface area contributed by atoms with Gasteiger partial charge in [-0.1, -0.05) is 0 Å². The quantitative estimate of drug-likeness (QED) is 0.730. The van der Waals surface area contributed by atoms with Gasteiger partial charge in [-0.05, 0) is 0 Å². The van der Waals surface area contributed by atoms with Crippen molar-refractivity contribution in [2.24, 2.45) is 0 Å². The molecule has 0 saturated heterocycles. The third kappa shape index (κ3) is 3.57. The third-order valence-electron chi connectivity index (χ3n) is 2.50. The van der Waals surface area contributed by atoms with Crippen LogP contribution in [-0.2, 0) is 17.9 Å². The fraction of sp³-hybridized carbons (Fsp3) is 0.273. The molecule has 20 heavy (non-hydrogen) atoms. The van der Waals surface area contributed by atoms with Crippen molar-refractivity contribution in [3.05, 3.63) is 30.4 Å². The van der Waals surface area contributed by atoms with Crippen molar-refractivity contribution >= 4 is 17.7 Å². The summed E-state index contributed by atoms with van der Waals surface area (Å²) in [5.41, 5.74) is 1.32. The molecule has 0 fully saturated rings. The molecule has 9 heteroatoms. The Labute approximate surface area is 114 Å². The first kappa shape index (κ1) is 13.6. The van der Waals surface area contributed by atoms with Crippen LogP contribution in [0, 0.1) is 0 Å². The van der Waals surface area contributed by atoms with Crippen molar-refractivity contribution < 1.29 is 14.7 Å². The van der Waals surface area contributed by atoms with Gasteiger partial charge in [-0.3, -0.25) is 14.6 Å². The molecule has 0 atom stereocenters. The monoisotopic (exact) mass is 278 g/mol. The number of nitrogens with one attached hydrogen (secondary N) is 2. The number of H-pyrrole nitrogens is 1. The molecule has 0 bridgehead atoms. The van der Waals surface area contributed by atoms with Crippen molar-refractivity contribution in [2.45, 2.75) is 13.1 Å². The molecule has 0 aliphatic carbocycles. The highest BCUT2D eigenvalue weighted by molar-refractivity contribution is 5.88. The maximum atomic E-state index is 11.9. The fourth-order valence-corrected chi connectivity index (χ4v) is 1.58. The molecule has 9 nitrogen and oxygen atoms in total. The average molecular weight is 278 g/mol. The summed E-state index contributed by atoms with van der Waals surface area (Å²) in [6.07, 6.45) is 6.19. The standard InChI is InChI=1S/C11H14N6O3/c1-16(5-8-2-12-13-3-8)11(20)15-9-4-14-17(6-9)7-10(18)19/h2-4,6H,5,7H2,1H3,(H,12,13)(H,15,20)(H,18,19). The van der Waals surface area contributed by atoms with Gasteiger partial charge in [-0.15, -0.1) is 0 Å². The normalized spacial score (nSPS) is 10.2. The Bertz CT molecular complexity index is 591. The number of hydrogen-bond acceptors (Lipinski definition) is 4. The highest BCUT2D eigenvalue weighted by Crippen LogP contribution is 2.07. The minimum Gasteiger partial charge on any atom is -0.480 e. The van der Waals surface area contributed by atoms with Gasteiger partial charge in [-0.25, -0.2) is 4.79 Å². The lowest BCUT2D eigenvalue weighted by molar-refractivity contribution is -0.137. The number of anilines is 1. The number of carboxylic acids is 1. The molecule has 2 amide bonds. The number of hydrogen-bond donors (Lipinski definition) is 3. The van der Waals surface area contributed by atoms with E-state index in [0.29, 0.717) is 12.2 Å². The highest BCUT2D eigenvalue weighted by Gasteiger charge is 2.11. The first-order chi connectivity index (χ1) is 9.54. The topological polar surface area (TPSA) is 116 Å². The van der Waals surface area contributed by atoms with Crippen molar-refractivity contribution in [2.75, 3.05) is 12.4 Å². The average Bonchev–Trinajstić information content (AvgIpc) is 3.00. The molecule has 0 spiro atoms. The molecule has 2 heterocycles. The van der Waals surface area contributed by atoms with Crippen LogP contribution in [0.2, 0.25) is 0 Å². The summed E-state index contributed by atoms with van der Waals surface area (Å²) in [4.78, 5) is 23.9. The number of nitrogens with zero attached hydrogens (tertiary/aromatic N) is 4. The summed E-state index contributed by atoms with van der Waals surface area (Å²) in [6.45, 7) is 0.159. The second-order valence-electron chi connectivity index (χ2n) is 4.21. The van der Waals surface area contributed by atoms with Crippen LogP contribution in [0.15, 0.2) is 24.8 Å². The molecule has 0 aliphatic heterocycles. The van der Waals surface area contributed by atoms with E-state index in [0.717, 1.165) is 5.56 Å². The van der Waals surface area contributed by atoms with Gasteiger partial charge in [0.2, 0.25) is 0 Å². The molecule has 2 aromatic rings. The SMILES string of the molecule is CN(Cc1cn[nH]c1)C(=O)Nc1cnn(CC(=O)O)c1. The summed E-state index contributed by atoms with van der Waals surface area (Å²) in [5, 5.41) is 21.5. The Morgan fingerprint density at radius 1 is 1.50 bits per heavy atom. The Kier molecular flexibility index (Phi) is 3.99. The number of aromatic amines is 1. The number of urea groups is 1. The van der Waals surface area contributed by atoms with Crippen molar-refractivity contribution in [3.8, 4) is 0 Å². The lowest BCUT2D eigenvalue weighted by Gasteiger charge is -2.16. The number of rotatable bonds is 5. The lowest BCUT2D eigenvalue weighted by atomic mass is 10.3. The zero-order chi connectivity index (χ0) is 14.5. The van der Waals surface area contributed by atoms with Gasteiger partial charge in [0.15, 0.2) is 0 Å². The predicted octanol–water partition coefficient (Wildman–Crippen LogP) is 0.355. The number of carbonyl (C=O) groups is 2. The maximum Gasteiger partial charge on any atom is 0.325 e. The summed E-state index contributed by atoms with van der Waals surface area (Å²) in [7, 11) is 1.64. The number of carbonyl (C=O) groups excluding carboxylic acids is 1. The van der Waals surface area contributed by atoms with Crippen molar-refractivity contribution in [3.63, 3.8) is 0 Å². The minimum atomic E-state index is -0.997. The molecule has 3 N–H and O–H groups in total. The molecule has 2 rings (SSSR count). The minimum absolute atomic E-state index is 0.249. The molecule has 0 saturated carbocycles. The summed E-state index contributed by atoms with van der Waals surface area (Å²) in [5.74, 6) is -0.997. The Balaban J connectivity index is 1.90. The van der Waals surface area contributed by atoms with E-state index < -0.39 is 5.97 Å². The first-order valence-electron chi connectivity index (χ1n) is 5.78. The van der Waals surface area contributed by atoms with Crippen molar-refractivity contribution in [1.82, 2.24) is 24.9 Å². The zero-order valence-corrected chi connectivity index (χ0v) is 10.8. The van der Waals surface area contributed by atoms with E-state index in [1.807, 2.05) is 0 Å². The lowest BCUT2D eigenvalue weighted by Crippen LogP contribution is -2.30. The number of amides is 2. The van der Waals surface area contributed by atoms with Crippen LogP contribution in [0.1, 0.15) is 5.56 Å². The van der Waals surface area contributed by atoms with Crippen LogP contribution < -0.4 is 5.32 Å². The van der Waals surface area contributed by atoms with Gasteiger partial charge < -0.3 is 15.3 Å². The predicted molar refractivity (Wildman–Crippen MR) is 68.9 cm³/mol. The molecule has 0 radical (unpaired) electrons. The van der Waals surface area contributed by atoms with E-state index in [4.69, 9.17) is 5.11 Å². The largest absolute Gasteiger partial charge is 0.480 e. The second-order valence-corrected chi connectivity index (χ2v) is 4.21. The third-order valence-corrected chi connectivity index (χ3v) is 2.50.